The van der Waals surface area contributed by atoms with Gasteiger partial charge in [0, 0.05) is 36.3 Å². The lowest BCUT2D eigenvalue weighted by atomic mass is 9.91. The average molecular weight is 440 g/mol. The summed E-state index contributed by atoms with van der Waals surface area (Å²) < 4.78 is 13.0. The number of piperidine rings is 1. The van der Waals surface area contributed by atoms with Gasteiger partial charge in [-0.1, -0.05) is 32.9 Å². The summed E-state index contributed by atoms with van der Waals surface area (Å²) in [6, 6.07) is 12.5. The van der Waals surface area contributed by atoms with E-state index < -0.39 is 11.2 Å². The first-order valence-corrected chi connectivity index (χ1v) is 10.9. The molecule has 2 aromatic rings. The van der Waals surface area contributed by atoms with Gasteiger partial charge in [0.15, 0.2) is 0 Å². The van der Waals surface area contributed by atoms with Gasteiger partial charge in [-0.05, 0) is 54.8 Å². The molecular formula is C25H30FN3O3. The Bertz CT molecular complexity index is 983. The predicted octanol–water partition coefficient (Wildman–Crippen LogP) is 3.98. The van der Waals surface area contributed by atoms with Crippen molar-refractivity contribution in [2.45, 2.75) is 40.2 Å². The number of carbonyl (C=O) groups excluding carboxylic acids is 3. The summed E-state index contributed by atoms with van der Waals surface area (Å²) in [5, 5.41) is 5.74. The lowest BCUT2D eigenvalue weighted by Gasteiger charge is -2.35. The number of halogens is 1. The minimum atomic E-state index is -0.461. The summed E-state index contributed by atoms with van der Waals surface area (Å²) in [4.78, 5) is 39.4. The molecule has 1 aliphatic rings. The second kappa shape index (κ2) is 9.94. The van der Waals surface area contributed by atoms with E-state index in [-0.39, 0.29) is 23.6 Å². The maximum Gasteiger partial charge on any atom is 0.255 e. The molecule has 0 aromatic heterocycles. The zero-order chi connectivity index (χ0) is 23.3. The molecule has 0 saturated carbocycles. The monoisotopic (exact) mass is 439 g/mol. The third kappa shape index (κ3) is 6.15. The molecule has 1 fully saturated rings. The van der Waals surface area contributed by atoms with Gasteiger partial charge in [0.1, 0.15) is 5.82 Å². The first kappa shape index (κ1) is 23.4. The summed E-state index contributed by atoms with van der Waals surface area (Å²) in [7, 11) is 0. The van der Waals surface area contributed by atoms with E-state index >= 15 is 0 Å². The molecule has 0 bridgehead atoms. The van der Waals surface area contributed by atoms with E-state index in [2.05, 4.69) is 10.6 Å². The Balaban J connectivity index is 1.55. The van der Waals surface area contributed by atoms with Crippen LogP contribution in [0, 0.1) is 17.2 Å². The van der Waals surface area contributed by atoms with Crippen molar-refractivity contribution in [3.05, 3.63) is 65.5 Å². The lowest BCUT2D eigenvalue weighted by molar-refractivity contribution is -0.142. The molecule has 2 N–H and O–H groups in total. The Labute approximate surface area is 188 Å². The summed E-state index contributed by atoms with van der Waals surface area (Å²) in [5.41, 5.74) is 1.33. The Morgan fingerprint density at radius 2 is 1.81 bits per heavy atom. The molecular weight excluding hydrogens is 409 g/mol. The van der Waals surface area contributed by atoms with Gasteiger partial charge in [0.05, 0.1) is 5.92 Å². The standard InChI is InChI=1S/C25H30FN3O3/c1-25(2,3)24(32)29-13-5-7-19(16-29)22(30)27-15-17-6-4-8-21(14-17)28-23(31)18-9-11-20(26)12-10-18/h4,6,8-12,14,19H,5,7,13,15-16H2,1-3H3,(H,27,30)(H,28,31). The summed E-state index contributed by atoms with van der Waals surface area (Å²) in [6.07, 6.45) is 1.57. The average Bonchev–Trinajstić information content (AvgIpc) is 2.77. The molecule has 1 unspecified atom stereocenters. The van der Waals surface area contributed by atoms with Crippen LogP contribution in [0.1, 0.15) is 49.5 Å². The summed E-state index contributed by atoms with van der Waals surface area (Å²) in [6.45, 7) is 7.12. The predicted molar refractivity (Wildman–Crippen MR) is 121 cm³/mol. The van der Waals surface area contributed by atoms with Crippen LogP contribution in [-0.2, 0) is 16.1 Å². The number of anilines is 1. The largest absolute Gasteiger partial charge is 0.352 e. The zero-order valence-corrected chi connectivity index (χ0v) is 18.8. The number of hydrogen-bond acceptors (Lipinski definition) is 3. The van der Waals surface area contributed by atoms with Crippen LogP contribution >= 0.6 is 0 Å². The molecule has 3 amide bonds. The van der Waals surface area contributed by atoms with Gasteiger partial charge in [-0.15, -0.1) is 0 Å². The van der Waals surface area contributed by atoms with Gasteiger partial charge in [-0.3, -0.25) is 14.4 Å². The van der Waals surface area contributed by atoms with E-state index in [4.69, 9.17) is 0 Å². The van der Waals surface area contributed by atoms with Gasteiger partial charge in [-0.2, -0.15) is 0 Å². The Morgan fingerprint density at radius 1 is 1.09 bits per heavy atom. The number of likely N-dealkylation sites (tertiary alicyclic amines) is 1. The minimum absolute atomic E-state index is 0.0691. The van der Waals surface area contributed by atoms with E-state index in [1.807, 2.05) is 26.8 Å². The Kier molecular flexibility index (Phi) is 7.28. The molecule has 1 heterocycles. The fourth-order valence-electron chi connectivity index (χ4n) is 3.75. The van der Waals surface area contributed by atoms with Gasteiger partial charge in [-0.25, -0.2) is 4.39 Å². The van der Waals surface area contributed by atoms with Crippen molar-refractivity contribution in [3.8, 4) is 0 Å². The van der Waals surface area contributed by atoms with Crippen LogP contribution in [0.15, 0.2) is 48.5 Å². The van der Waals surface area contributed by atoms with Gasteiger partial charge >= 0.3 is 0 Å². The van der Waals surface area contributed by atoms with E-state index in [0.717, 1.165) is 18.4 Å². The molecule has 0 spiro atoms. The quantitative estimate of drug-likeness (QED) is 0.740. The number of benzene rings is 2. The molecule has 170 valence electrons. The summed E-state index contributed by atoms with van der Waals surface area (Å²) in [5.74, 6) is -0.965. The second-order valence-corrected chi connectivity index (χ2v) is 9.22. The van der Waals surface area contributed by atoms with Crippen LogP contribution in [0.5, 0.6) is 0 Å². The highest BCUT2D eigenvalue weighted by Gasteiger charge is 2.33. The number of hydrogen-bond donors (Lipinski definition) is 2. The molecule has 7 heteroatoms. The van der Waals surface area contributed by atoms with Gasteiger partial charge in [0.2, 0.25) is 11.8 Å². The molecule has 6 nitrogen and oxygen atoms in total. The number of amides is 3. The van der Waals surface area contributed by atoms with E-state index in [0.29, 0.717) is 30.9 Å². The van der Waals surface area contributed by atoms with Crippen LogP contribution < -0.4 is 10.6 Å². The Morgan fingerprint density at radius 3 is 2.50 bits per heavy atom. The molecule has 1 aliphatic heterocycles. The van der Waals surface area contributed by atoms with Crippen molar-refractivity contribution in [1.29, 1.82) is 0 Å². The highest BCUT2D eigenvalue weighted by molar-refractivity contribution is 6.04. The second-order valence-electron chi connectivity index (χ2n) is 9.22. The van der Waals surface area contributed by atoms with Crippen LogP contribution in [0.2, 0.25) is 0 Å². The molecule has 1 atom stereocenters. The minimum Gasteiger partial charge on any atom is -0.352 e. The van der Waals surface area contributed by atoms with Crippen molar-refractivity contribution in [2.24, 2.45) is 11.3 Å². The fourth-order valence-corrected chi connectivity index (χ4v) is 3.75. The van der Waals surface area contributed by atoms with E-state index in [1.54, 1.807) is 23.1 Å². The first-order chi connectivity index (χ1) is 15.1. The molecule has 32 heavy (non-hydrogen) atoms. The fraction of sp³-hybridized carbons (Fsp3) is 0.400. The van der Waals surface area contributed by atoms with Crippen molar-refractivity contribution in [1.82, 2.24) is 10.2 Å². The van der Waals surface area contributed by atoms with Crippen molar-refractivity contribution in [3.63, 3.8) is 0 Å². The summed E-state index contributed by atoms with van der Waals surface area (Å²) >= 11 is 0. The molecule has 2 aromatic carbocycles. The molecule has 1 saturated heterocycles. The van der Waals surface area contributed by atoms with Gasteiger partial charge in [0.25, 0.3) is 5.91 Å². The molecule has 3 rings (SSSR count). The SMILES string of the molecule is CC(C)(C)C(=O)N1CCCC(C(=O)NCc2cccc(NC(=O)c3ccc(F)cc3)c2)C1. The molecule has 0 aliphatic carbocycles. The topological polar surface area (TPSA) is 78.5 Å². The van der Waals surface area contributed by atoms with Crippen molar-refractivity contribution >= 4 is 23.4 Å². The first-order valence-electron chi connectivity index (χ1n) is 10.9. The maximum absolute atomic E-state index is 13.0. The van der Waals surface area contributed by atoms with Crippen molar-refractivity contribution < 1.29 is 18.8 Å². The smallest absolute Gasteiger partial charge is 0.255 e. The number of nitrogens with zero attached hydrogens (tertiary/aromatic N) is 1. The maximum atomic E-state index is 13.0. The van der Waals surface area contributed by atoms with E-state index in [1.165, 1.54) is 24.3 Å². The van der Waals surface area contributed by atoms with Crippen LogP contribution in [0.4, 0.5) is 10.1 Å². The third-order valence-electron chi connectivity index (χ3n) is 5.48. The van der Waals surface area contributed by atoms with Crippen LogP contribution in [-0.4, -0.2) is 35.7 Å². The van der Waals surface area contributed by atoms with E-state index in [9.17, 15) is 18.8 Å². The highest BCUT2D eigenvalue weighted by Crippen LogP contribution is 2.23. The van der Waals surface area contributed by atoms with Crippen LogP contribution in [0.3, 0.4) is 0 Å². The highest BCUT2D eigenvalue weighted by atomic mass is 19.1. The number of rotatable bonds is 5. The molecule has 0 radical (unpaired) electrons. The third-order valence-corrected chi connectivity index (χ3v) is 5.48. The van der Waals surface area contributed by atoms with Crippen LogP contribution in [0.25, 0.3) is 0 Å². The lowest BCUT2D eigenvalue weighted by Crippen LogP contribution is -2.48. The van der Waals surface area contributed by atoms with Gasteiger partial charge < -0.3 is 15.5 Å². The van der Waals surface area contributed by atoms with Crippen molar-refractivity contribution in [2.75, 3.05) is 18.4 Å². The zero-order valence-electron chi connectivity index (χ0n) is 18.8. The number of carbonyl (C=O) groups is 3. The number of nitrogens with one attached hydrogen (secondary N) is 2. The normalized spacial score (nSPS) is 16.4. The Hall–Kier alpha value is -3.22.